The Morgan fingerprint density at radius 3 is 2.58 bits per heavy atom. The highest BCUT2D eigenvalue weighted by molar-refractivity contribution is 7.92. The van der Waals surface area contributed by atoms with Crippen LogP contribution in [-0.4, -0.2) is 52.9 Å². The predicted molar refractivity (Wildman–Crippen MR) is 127 cm³/mol. The maximum Gasteiger partial charge on any atom is 0.417 e. The number of benzene rings is 1. The Kier molecular flexibility index (Phi) is 7.71. The number of rotatable bonds is 6. The maximum absolute atomic E-state index is 14.3. The van der Waals surface area contributed by atoms with Crippen molar-refractivity contribution in [3.8, 4) is 5.75 Å². The lowest BCUT2D eigenvalue weighted by molar-refractivity contribution is -0.272. The Labute approximate surface area is 207 Å². The number of hydrogen-bond donors (Lipinski definition) is 1. The molecule has 0 saturated carbocycles. The van der Waals surface area contributed by atoms with E-state index in [1.807, 2.05) is 0 Å². The summed E-state index contributed by atoms with van der Waals surface area (Å²) in [6, 6.07) is 5.23. The van der Waals surface area contributed by atoms with Crippen molar-refractivity contribution >= 4 is 21.3 Å². The normalized spacial score (nSPS) is 25.8. The molecule has 36 heavy (non-hydrogen) atoms. The van der Waals surface area contributed by atoms with E-state index in [0.717, 1.165) is 13.0 Å². The van der Waals surface area contributed by atoms with Crippen LogP contribution in [0.3, 0.4) is 0 Å². The van der Waals surface area contributed by atoms with E-state index in [2.05, 4.69) is 14.7 Å². The minimum atomic E-state index is -4.79. The van der Waals surface area contributed by atoms with Gasteiger partial charge in [0.1, 0.15) is 22.7 Å². The van der Waals surface area contributed by atoms with Crippen molar-refractivity contribution in [3.63, 3.8) is 0 Å². The molecule has 7 nitrogen and oxygen atoms in total. The van der Waals surface area contributed by atoms with Crippen LogP contribution in [0.4, 0.5) is 23.2 Å². The number of pyridine rings is 1. The molecule has 2 heterocycles. The number of nitrogens with one attached hydrogen (secondary N) is 1. The Morgan fingerprint density at radius 1 is 1.33 bits per heavy atom. The van der Waals surface area contributed by atoms with Crippen molar-refractivity contribution in [2.24, 2.45) is 10.3 Å². The van der Waals surface area contributed by atoms with Gasteiger partial charge in [0.15, 0.2) is 5.60 Å². The smallest absolute Gasteiger partial charge is 0.417 e. The number of amides is 1. The summed E-state index contributed by atoms with van der Waals surface area (Å²) in [5.41, 5.74) is -2.12. The summed E-state index contributed by atoms with van der Waals surface area (Å²) >= 11 is 0. The molecule has 1 aliphatic rings. The minimum Gasteiger partial charge on any atom is -0.493 e. The summed E-state index contributed by atoms with van der Waals surface area (Å²) in [5, 5.41) is 2.66. The molecule has 1 aromatic heterocycles. The molecule has 198 valence electrons. The maximum atomic E-state index is 14.3. The van der Waals surface area contributed by atoms with Crippen molar-refractivity contribution < 1.29 is 36.0 Å². The molecule has 0 bridgehead atoms. The molecule has 3 rings (SSSR count). The number of nitrogens with zero attached hydrogens (tertiary/aromatic N) is 2. The van der Waals surface area contributed by atoms with Gasteiger partial charge in [-0.25, -0.2) is 17.9 Å². The predicted octanol–water partition coefficient (Wildman–Crippen LogP) is 5.09. The molecular formula is C24H29F4N3O4S. The lowest BCUT2D eigenvalue weighted by atomic mass is 9.76. The number of hydrogen-bond acceptors (Lipinski definition) is 6. The molecule has 2 aromatic rings. The molecule has 0 radical (unpaired) electrons. The summed E-state index contributed by atoms with van der Waals surface area (Å²) in [4.78, 5) is 17.4. The van der Waals surface area contributed by atoms with Crippen molar-refractivity contribution in [1.29, 1.82) is 0 Å². The van der Waals surface area contributed by atoms with Crippen LogP contribution in [0.5, 0.6) is 5.75 Å². The zero-order valence-corrected chi connectivity index (χ0v) is 21.6. The van der Waals surface area contributed by atoms with Gasteiger partial charge in [-0.1, -0.05) is 13.0 Å². The molecule has 1 aliphatic heterocycles. The second kappa shape index (κ2) is 9.97. The van der Waals surface area contributed by atoms with Gasteiger partial charge in [-0.2, -0.15) is 13.2 Å². The van der Waals surface area contributed by atoms with Gasteiger partial charge in [0, 0.05) is 48.2 Å². The summed E-state index contributed by atoms with van der Waals surface area (Å²) in [6.07, 6.45) is -3.69. The molecule has 1 N–H and O–H groups in total. The van der Waals surface area contributed by atoms with Crippen LogP contribution in [0.2, 0.25) is 0 Å². The summed E-state index contributed by atoms with van der Waals surface area (Å²) < 4.78 is 84.2. The summed E-state index contributed by atoms with van der Waals surface area (Å²) in [7, 11) is -1.45. The summed E-state index contributed by atoms with van der Waals surface area (Å²) in [6.45, 7) is 5.52. The SMILES string of the molecule is CCOc1c([C@H]2[C@H](C(=O)Nc3ccnc(S(C)(=O)=NC)c3)O[C@@](C)(C(F)(F)F)[C@H]2C)ccc(F)c1C. The fourth-order valence-electron chi connectivity index (χ4n) is 4.31. The third kappa shape index (κ3) is 4.93. The first-order valence-corrected chi connectivity index (χ1v) is 13.1. The Hall–Kier alpha value is -2.73. The molecule has 1 unspecified atom stereocenters. The van der Waals surface area contributed by atoms with Crippen LogP contribution in [0.25, 0.3) is 0 Å². The largest absolute Gasteiger partial charge is 0.493 e. The average molecular weight is 532 g/mol. The molecule has 0 aliphatic carbocycles. The van der Waals surface area contributed by atoms with Gasteiger partial charge >= 0.3 is 6.18 Å². The van der Waals surface area contributed by atoms with Crippen LogP contribution < -0.4 is 10.1 Å². The quantitative estimate of drug-likeness (QED) is 0.525. The second-order valence-corrected chi connectivity index (χ2v) is 11.2. The standard InChI is InChI=1S/C24H29F4N3O4S/c1-7-34-20-13(2)17(25)9-8-16(20)19-14(3)23(4,24(26,27)28)35-21(19)22(32)31-15-10-11-30-18(12-15)36(6,33)29-5/h8-12,14,19,21H,7H2,1-6H3,(H,30,31,32)/t14-,19-,21+,23+,36?/m0/s1. The fraction of sp³-hybridized carbons (Fsp3) is 0.500. The fourth-order valence-corrected chi connectivity index (χ4v) is 5.10. The number of carbonyl (C=O) groups is 1. The van der Waals surface area contributed by atoms with E-state index in [-0.39, 0.29) is 34.2 Å². The van der Waals surface area contributed by atoms with Crippen LogP contribution >= 0.6 is 0 Å². The van der Waals surface area contributed by atoms with Crippen LogP contribution in [0, 0.1) is 18.7 Å². The zero-order chi connectivity index (χ0) is 27.1. The van der Waals surface area contributed by atoms with E-state index in [9.17, 15) is 26.6 Å². The number of halogens is 4. The highest BCUT2D eigenvalue weighted by Gasteiger charge is 2.65. The van der Waals surface area contributed by atoms with Crippen LogP contribution in [0.15, 0.2) is 39.9 Å². The highest BCUT2D eigenvalue weighted by Crippen LogP contribution is 2.55. The Morgan fingerprint density at radius 2 is 2.00 bits per heavy atom. The lowest BCUT2D eigenvalue weighted by Gasteiger charge is -2.32. The van der Waals surface area contributed by atoms with Gasteiger partial charge in [-0.3, -0.25) is 4.79 Å². The van der Waals surface area contributed by atoms with Gasteiger partial charge in [-0.15, -0.1) is 0 Å². The van der Waals surface area contributed by atoms with E-state index >= 15 is 0 Å². The average Bonchev–Trinajstić information content (AvgIpc) is 3.09. The number of anilines is 1. The third-order valence-corrected chi connectivity index (χ3v) is 8.38. The summed E-state index contributed by atoms with van der Waals surface area (Å²) in [5.74, 6) is -3.68. The van der Waals surface area contributed by atoms with Gasteiger partial charge in [-0.05, 0) is 39.0 Å². The van der Waals surface area contributed by atoms with Gasteiger partial charge < -0.3 is 14.8 Å². The minimum absolute atomic E-state index is 0.0867. The van der Waals surface area contributed by atoms with E-state index in [0.29, 0.717) is 0 Å². The van der Waals surface area contributed by atoms with Crippen molar-refractivity contribution in [1.82, 2.24) is 4.98 Å². The third-order valence-electron chi connectivity index (χ3n) is 6.68. The van der Waals surface area contributed by atoms with Crippen molar-refractivity contribution in [2.45, 2.75) is 56.5 Å². The lowest BCUT2D eigenvalue weighted by Crippen LogP contribution is -2.47. The zero-order valence-electron chi connectivity index (χ0n) is 20.8. The van der Waals surface area contributed by atoms with E-state index in [4.69, 9.17) is 9.47 Å². The number of aromatic nitrogens is 1. The monoisotopic (exact) mass is 531 g/mol. The topological polar surface area (TPSA) is 89.9 Å². The molecule has 1 saturated heterocycles. The van der Waals surface area contributed by atoms with Gasteiger partial charge in [0.05, 0.1) is 16.3 Å². The van der Waals surface area contributed by atoms with E-state index < -0.39 is 51.2 Å². The van der Waals surface area contributed by atoms with E-state index in [1.165, 1.54) is 51.5 Å². The highest BCUT2D eigenvalue weighted by atomic mass is 32.2. The number of carbonyl (C=O) groups excluding carboxylic acids is 1. The molecular weight excluding hydrogens is 502 g/mol. The van der Waals surface area contributed by atoms with Crippen molar-refractivity contribution in [3.05, 3.63) is 47.4 Å². The molecule has 1 amide bonds. The number of ether oxygens (including phenoxy) is 2. The van der Waals surface area contributed by atoms with Crippen LogP contribution in [0.1, 0.15) is 37.8 Å². The molecule has 12 heteroatoms. The van der Waals surface area contributed by atoms with Crippen LogP contribution in [-0.2, 0) is 19.3 Å². The number of alkyl halides is 3. The second-order valence-electron chi connectivity index (χ2n) is 8.84. The van der Waals surface area contributed by atoms with Crippen molar-refractivity contribution in [2.75, 3.05) is 25.2 Å². The molecule has 0 spiro atoms. The molecule has 1 aromatic carbocycles. The first-order chi connectivity index (χ1) is 16.7. The van der Waals surface area contributed by atoms with Gasteiger partial charge in [0.2, 0.25) is 0 Å². The molecule has 5 atom stereocenters. The molecule has 1 fully saturated rings. The first kappa shape index (κ1) is 27.9. The Balaban J connectivity index is 2.09. The van der Waals surface area contributed by atoms with Gasteiger partial charge in [0.25, 0.3) is 5.91 Å². The first-order valence-electron chi connectivity index (χ1n) is 11.2. The van der Waals surface area contributed by atoms with E-state index in [1.54, 1.807) is 6.92 Å². The Bertz CT molecular complexity index is 1280.